The summed E-state index contributed by atoms with van der Waals surface area (Å²) < 4.78 is 28.1. The van der Waals surface area contributed by atoms with E-state index in [1.807, 2.05) is 22.2 Å². The molecule has 4 nitrogen and oxygen atoms in total. The molecule has 20 heavy (non-hydrogen) atoms. The van der Waals surface area contributed by atoms with Crippen molar-refractivity contribution in [3.05, 3.63) is 58.9 Å². The van der Waals surface area contributed by atoms with Crippen molar-refractivity contribution in [1.29, 1.82) is 0 Å². The summed E-state index contributed by atoms with van der Waals surface area (Å²) in [6.45, 7) is 0. The van der Waals surface area contributed by atoms with Gasteiger partial charge in [0.2, 0.25) is 0 Å². The maximum Gasteiger partial charge on any atom is 0.193 e. The molecule has 2 heterocycles. The van der Waals surface area contributed by atoms with Crippen molar-refractivity contribution in [1.82, 2.24) is 14.8 Å². The molecule has 0 spiro atoms. The third kappa shape index (κ3) is 2.43. The zero-order chi connectivity index (χ0) is 14.1. The number of imidazole rings is 1. The predicted molar refractivity (Wildman–Crippen MR) is 73.2 cm³/mol. The standard InChI is InChI=1S/C13H12F2N4S/c14-10-2-1-8(5-11(10)15)12(18-16)6-9-7-19-3-4-20-13(19)17-9/h1-5,7,12,18H,6,16H2. The number of fused-ring (bicyclic) bond motifs is 1. The Hall–Kier alpha value is -1.83. The van der Waals surface area contributed by atoms with Crippen LogP contribution in [0.25, 0.3) is 4.96 Å². The number of halogens is 2. The molecule has 0 saturated carbocycles. The van der Waals surface area contributed by atoms with E-state index < -0.39 is 11.6 Å². The van der Waals surface area contributed by atoms with Gasteiger partial charge >= 0.3 is 0 Å². The number of nitrogens with two attached hydrogens (primary N) is 1. The maximum atomic E-state index is 13.3. The van der Waals surface area contributed by atoms with E-state index in [0.717, 1.165) is 22.8 Å². The van der Waals surface area contributed by atoms with E-state index in [2.05, 4.69) is 10.4 Å². The Bertz CT molecular complexity index is 708. The molecule has 0 fully saturated rings. The average Bonchev–Trinajstić information content (AvgIpc) is 3.00. The summed E-state index contributed by atoms with van der Waals surface area (Å²) in [5, 5.41) is 1.94. The second-order valence-electron chi connectivity index (χ2n) is 4.42. The molecule has 0 aliphatic carbocycles. The van der Waals surface area contributed by atoms with Crippen molar-refractivity contribution < 1.29 is 8.78 Å². The first-order valence-corrected chi connectivity index (χ1v) is 6.87. The fraction of sp³-hybridized carbons (Fsp3) is 0.154. The zero-order valence-electron chi connectivity index (χ0n) is 10.4. The highest BCUT2D eigenvalue weighted by Crippen LogP contribution is 2.21. The van der Waals surface area contributed by atoms with E-state index in [1.165, 1.54) is 17.4 Å². The molecule has 1 unspecified atom stereocenters. The van der Waals surface area contributed by atoms with Crippen LogP contribution in [0.3, 0.4) is 0 Å². The van der Waals surface area contributed by atoms with E-state index in [4.69, 9.17) is 5.84 Å². The van der Waals surface area contributed by atoms with Crippen LogP contribution in [-0.2, 0) is 6.42 Å². The Labute approximate surface area is 117 Å². The van der Waals surface area contributed by atoms with Gasteiger partial charge in [-0.3, -0.25) is 15.7 Å². The smallest absolute Gasteiger partial charge is 0.193 e. The summed E-state index contributed by atoms with van der Waals surface area (Å²) in [5.74, 6) is 3.76. The maximum absolute atomic E-state index is 13.3. The molecule has 0 aliphatic rings. The van der Waals surface area contributed by atoms with Crippen LogP contribution in [-0.4, -0.2) is 9.38 Å². The van der Waals surface area contributed by atoms with E-state index in [1.54, 1.807) is 0 Å². The highest BCUT2D eigenvalue weighted by Gasteiger charge is 2.15. The van der Waals surface area contributed by atoms with Crippen LogP contribution in [0, 0.1) is 11.6 Å². The van der Waals surface area contributed by atoms with E-state index in [0.29, 0.717) is 12.0 Å². The largest absolute Gasteiger partial charge is 0.297 e. The number of hydrogen-bond donors (Lipinski definition) is 2. The average molecular weight is 294 g/mol. The Kier molecular flexibility index (Phi) is 3.47. The normalized spacial score (nSPS) is 12.9. The third-order valence-electron chi connectivity index (χ3n) is 3.10. The Morgan fingerprint density at radius 1 is 1.35 bits per heavy atom. The van der Waals surface area contributed by atoms with Crippen molar-refractivity contribution in [3.8, 4) is 0 Å². The topological polar surface area (TPSA) is 55.3 Å². The number of thiazole rings is 1. The highest BCUT2D eigenvalue weighted by atomic mass is 32.1. The minimum Gasteiger partial charge on any atom is -0.297 e. The molecular weight excluding hydrogens is 282 g/mol. The lowest BCUT2D eigenvalue weighted by Crippen LogP contribution is -2.29. The molecule has 3 aromatic rings. The number of aromatic nitrogens is 2. The zero-order valence-corrected chi connectivity index (χ0v) is 11.2. The number of rotatable bonds is 4. The Balaban J connectivity index is 1.85. The summed E-state index contributed by atoms with van der Waals surface area (Å²) >= 11 is 1.53. The fourth-order valence-electron chi connectivity index (χ4n) is 2.09. The number of nitrogens with zero attached hydrogens (tertiary/aromatic N) is 2. The van der Waals surface area contributed by atoms with Gasteiger partial charge in [-0.05, 0) is 17.7 Å². The fourth-order valence-corrected chi connectivity index (χ4v) is 2.80. The van der Waals surface area contributed by atoms with Crippen molar-refractivity contribution in [2.75, 3.05) is 0 Å². The van der Waals surface area contributed by atoms with Crippen LogP contribution in [0.5, 0.6) is 0 Å². The van der Waals surface area contributed by atoms with Crippen LogP contribution in [0.4, 0.5) is 8.78 Å². The monoisotopic (exact) mass is 294 g/mol. The second-order valence-corrected chi connectivity index (χ2v) is 5.30. The lowest BCUT2D eigenvalue weighted by molar-refractivity contribution is 0.496. The molecule has 2 aromatic heterocycles. The van der Waals surface area contributed by atoms with Gasteiger partial charge in [0.05, 0.1) is 11.7 Å². The van der Waals surface area contributed by atoms with Gasteiger partial charge in [0, 0.05) is 24.2 Å². The molecule has 0 amide bonds. The first-order valence-electron chi connectivity index (χ1n) is 5.99. The van der Waals surface area contributed by atoms with Crippen LogP contribution in [0.1, 0.15) is 17.3 Å². The van der Waals surface area contributed by atoms with Gasteiger partial charge in [-0.25, -0.2) is 13.8 Å². The van der Waals surface area contributed by atoms with Crippen molar-refractivity contribution in [2.45, 2.75) is 12.5 Å². The Morgan fingerprint density at radius 3 is 2.90 bits per heavy atom. The lowest BCUT2D eigenvalue weighted by Gasteiger charge is -2.15. The van der Waals surface area contributed by atoms with E-state index >= 15 is 0 Å². The summed E-state index contributed by atoms with van der Waals surface area (Å²) in [7, 11) is 0. The van der Waals surface area contributed by atoms with Crippen LogP contribution < -0.4 is 11.3 Å². The van der Waals surface area contributed by atoms with Gasteiger partial charge in [-0.2, -0.15) is 0 Å². The minimum absolute atomic E-state index is 0.324. The first-order chi connectivity index (χ1) is 9.67. The van der Waals surface area contributed by atoms with Crippen molar-refractivity contribution >= 4 is 16.3 Å². The number of nitrogens with one attached hydrogen (secondary N) is 1. The van der Waals surface area contributed by atoms with E-state index in [9.17, 15) is 8.78 Å². The number of hydrogen-bond acceptors (Lipinski definition) is 4. The molecule has 0 radical (unpaired) electrons. The molecule has 104 valence electrons. The van der Waals surface area contributed by atoms with Gasteiger partial charge in [0.25, 0.3) is 0 Å². The molecule has 7 heteroatoms. The predicted octanol–water partition coefficient (Wildman–Crippen LogP) is 2.42. The van der Waals surface area contributed by atoms with Gasteiger partial charge in [0.1, 0.15) is 0 Å². The molecule has 1 aromatic carbocycles. The molecule has 0 bridgehead atoms. The van der Waals surface area contributed by atoms with Gasteiger partial charge in [-0.1, -0.05) is 6.07 Å². The van der Waals surface area contributed by atoms with Crippen molar-refractivity contribution in [2.24, 2.45) is 5.84 Å². The molecular formula is C13H12F2N4S. The van der Waals surface area contributed by atoms with Gasteiger partial charge < -0.3 is 0 Å². The van der Waals surface area contributed by atoms with Gasteiger partial charge in [-0.15, -0.1) is 11.3 Å². The molecule has 0 saturated heterocycles. The van der Waals surface area contributed by atoms with Crippen LogP contribution in [0.2, 0.25) is 0 Å². The number of hydrazine groups is 1. The lowest BCUT2D eigenvalue weighted by atomic mass is 10.0. The molecule has 3 rings (SSSR count). The summed E-state index contributed by atoms with van der Waals surface area (Å²) in [5.41, 5.74) is 4.04. The molecule has 1 atom stereocenters. The van der Waals surface area contributed by atoms with Crippen LogP contribution in [0.15, 0.2) is 36.0 Å². The Morgan fingerprint density at radius 2 is 2.20 bits per heavy atom. The number of benzene rings is 1. The van der Waals surface area contributed by atoms with Crippen molar-refractivity contribution in [3.63, 3.8) is 0 Å². The summed E-state index contributed by atoms with van der Waals surface area (Å²) in [6, 6.07) is 3.44. The van der Waals surface area contributed by atoms with E-state index in [-0.39, 0.29) is 6.04 Å². The quantitative estimate of drug-likeness (QED) is 0.574. The summed E-state index contributed by atoms with van der Waals surface area (Å²) in [4.78, 5) is 5.33. The molecule has 3 N–H and O–H groups in total. The highest BCUT2D eigenvalue weighted by molar-refractivity contribution is 7.15. The SMILES string of the molecule is NNC(Cc1cn2ccsc2n1)c1ccc(F)c(F)c1. The summed E-state index contributed by atoms with van der Waals surface area (Å²) in [6.07, 6.45) is 4.31. The second kappa shape index (κ2) is 5.28. The van der Waals surface area contributed by atoms with Gasteiger partial charge in [0.15, 0.2) is 16.6 Å². The van der Waals surface area contributed by atoms with Crippen LogP contribution >= 0.6 is 11.3 Å². The third-order valence-corrected chi connectivity index (χ3v) is 3.87. The molecule has 0 aliphatic heterocycles. The minimum atomic E-state index is -0.881. The first kappa shape index (κ1) is 13.2.